The van der Waals surface area contributed by atoms with Crippen molar-refractivity contribution in [2.24, 2.45) is 5.10 Å². The lowest BCUT2D eigenvalue weighted by atomic mass is 10.2. The molecular weight excluding hydrogens is 310 g/mol. The number of nitrogens with zero attached hydrogens (tertiary/aromatic N) is 2. The number of hydrogen-bond acceptors (Lipinski definition) is 6. The molecule has 24 heavy (non-hydrogen) atoms. The summed E-state index contributed by atoms with van der Waals surface area (Å²) in [5, 5.41) is 15.9. The number of nitrogens with one attached hydrogen (secondary N) is 1. The molecular formula is C17H15N3O4. The van der Waals surface area contributed by atoms with Crippen LogP contribution in [0.3, 0.4) is 0 Å². The summed E-state index contributed by atoms with van der Waals surface area (Å²) in [6.45, 7) is 1.79. The predicted octanol–water partition coefficient (Wildman–Crippen LogP) is 4.19. The van der Waals surface area contributed by atoms with E-state index in [-0.39, 0.29) is 5.69 Å². The number of nitro groups is 1. The van der Waals surface area contributed by atoms with Crippen LogP contribution in [-0.4, -0.2) is 17.7 Å². The van der Waals surface area contributed by atoms with Gasteiger partial charge in [0.1, 0.15) is 5.71 Å². The van der Waals surface area contributed by atoms with E-state index < -0.39 is 4.92 Å². The number of methoxy groups -OCH3 is 1. The second-order valence-corrected chi connectivity index (χ2v) is 5.11. The molecule has 0 saturated heterocycles. The number of fused-ring (bicyclic) bond motifs is 1. The molecule has 3 rings (SSSR count). The van der Waals surface area contributed by atoms with Crippen molar-refractivity contribution in [2.45, 2.75) is 6.92 Å². The first kappa shape index (κ1) is 15.5. The van der Waals surface area contributed by atoms with E-state index in [2.05, 4.69) is 10.5 Å². The third-order valence-electron chi connectivity index (χ3n) is 3.49. The van der Waals surface area contributed by atoms with Gasteiger partial charge < -0.3 is 9.15 Å². The predicted molar refractivity (Wildman–Crippen MR) is 91.7 cm³/mol. The van der Waals surface area contributed by atoms with E-state index in [1.54, 1.807) is 26.2 Å². The third-order valence-corrected chi connectivity index (χ3v) is 3.49. The molecule has 3 aromatic rings. The molecule has 1 aromatic heterocycles. The molecule has 7 heteroatoms. The molecule has 1 N–H and O–H groups in total. The second-order valence-electron chi connectivity index (χ2n) is 5.11. The molecule has 0 bridgehead atoms. The lowest BCUT2D eigenvalue weighted by Crippen LogP contribution is -1.98. The zero-order chi connectivity index (χ0) is 17.1. The van der Waals surface area contributed by atoms with Crippen LogP contribution in [-0.2, 0) is 0 Å². The van der Waals surface area contributed by atoms with Crippen molar-refractivity contribution < 1.29 is 14.1 Å². The number of anilines is 1. The summed E-state index contributed by atoms with van der Waals surface area (Å²) in [6, 6.07) is 13.6. The normalized spacial score (nSPS) is 11.5. The van der Waals surface area contributed by atoms with Gasteiger partial charge in [0.2, 0.25) is 0 Å². The van der Waals surface area contributed by atoms with Crippen LogP contribution in [0.15, 0.2) is 58.0 Å². The molecule has 0 aliphatic rings. The van der Waals surface area contributed by atoms with Crippen LogP contribution < -0.4 is 10.2 Å². The number of para-hydroxylation sites is 1. The molecule has 0 spiro atoms. The zero-order valence-corrected chi connectivity index (χ0v) is 13.1. The molecule has 7 nitrogen and oxygen atoms in total. The summed E-state index contributed by atoms with van der Waals surface area (Å²) in [7, 11) is 1.59. The SMILES string of the molecule is COc1cccc2cc(/C(C)=N\Nc3cccc([N+](=O)[O-])c3)oc12. The highest BCUT2D eigenvalue weighted by molar-refractivity contribution is 6.00. The van der Waals surface area contributed by atoms with Gasteiger partial charge in [-0.25, -0.2) is 0 Å². The molecule has 0 amide bonds. The summed E-state index contributed by atoms with van der Waals surface area (Å²) in [5.41, 5.74) is 4.59. The Morgan fingerprint density at radius 1 is 1.25 bits per heavy atom. The van der Waals surface area contributed by atoms with Crippen molar-refractivity contribution in [3.05, 3.63) is 64.4 Å². The molecule has 0 aliphatic carbocycles. The number of non-ortho nitro benzene ring substituents is 1. The minimum absolute atomic E-state index is 0.00123. The highest BCUT2D eigenvalue weighted by Gasteiger charge is 2.11. The molecule has 1 heterocycles. The average Bonchev–Trinajstić information content (AvgIpc) is 3.04. The Kier molecular flexibility index (Phi) is 4.15. The van der Waals surface area contributed by atoms with E-state index in [1.807, 2.05) is 24.3 Å². The zero-order valence-electron chi connectivity index (χ0n) is 13.1. The molecule has 122 valence electrons. The van der Waals surface area contributed by atoms with Gasteiger partial charge in [0.15, 0.2) is 17.1 Å². The van der Waals surface area contributed by atoms with Crippen molar-refractivity contribution in [2.75, 3.05) is 12.5 Å². The highest BCUT2D eigenvalue weighted by Crippen LogP contribution is 2.28. The fourth-order valence-corrected chi connectivity index (χ4v) is 2.27. The van der Waals surface area contributed by atoms with Gasteiger partial charge in [0, 0.05) is 17.5 Å². The van der Waals surface area contributed by atoms with Gasteiger partial charge in [-0.1, -0.05) is 18.2 Å². The van der Waals surface area contributed by atoms with E-state index >= 15 is 0 Å². The lowest BCUT2D eigenvalue weighted by Gasteiger charge is -2.02. The van der Waals surface area contributed by atoms with E-state index in [4.69, 9.17) is 9.15 Å². The minimum atomic E-state index is -0.451. The van der Waals surface area contributed by atoms with Crippen LogP contribution in [0, 0.1) is 10.1 Å². The van der Waals surface area contributed by atoms with Crippen LogP contribution in [0.5, 0.6) is 5.75 Å². The number of benzene rings is 2. The van der Waals surface area contributed by atoms with Crippen molar-refractivity contribution in [1.82, 2.24) is 0 Å². The smallest absolute Gasteiger partial charge is 0.271 e. The highest BCUT2D eigenvalue weighted by atomic mass is 16.6. The van der Waals surface area contributed by atoms with Crippen LogP contribution >= 0.6 is 0 Å². The summed E-state index contributed by atoms with van der Waals surface area (Å²) in [4.78, 5) is 10.3. The summed E-state index contributed by atoms with van der Waals surface area (Å²) >= 11 is 0. The Bertz CT molecular complexity index is 930. The van der Waals surface area contributed by atoms with E-state index in [1.165, 1.54) is 12.1 Å². The fraction of sp³-hybridized carbons (Fsp3) is 0.118. The topological polar surface area (TPSA) is 89.9 Å². The molecule has 2 aromatic carbocycles. The molecule has 0 aliphatic heterocycles. The summed E-state index contributed by atoms with van der Waals surface area (Å²) < 4.78 is 11.1. The molecule has 0 fully saturated rings. The first-order chi connectivity index (χ1) is 11.6. The number of furan rings is 1. The molecule has 0 unspecified atom stereocenters. The third kappa shape index (κ3) is 3.05. The van der Waals surface area contributed by atoms with Gasteiger partial charge in [0.05, 0.1) is 17.7 Å². The van der Waals surface area contributed by atoms with Crippen molar-refractivity contribution >= 4 is 28.1 Å². The summed E-state index contributed by atoms with van der Waals surface area (Å²) in [5.74, 6) is 1.24. The first-order valence-corrected chi connectivity index (χ1v) is 7.20. The maximum atomic E-state index is 10.8. The number of ether oxygens (including phenoxy) is 1. The fourth-order valence-electron chi connectivity index (χ4n) is 2.27. The van der Waals surface area contributed by atoms with E-state index in [0.717, 1.165) is 5.39 Å². The van der Waals surface area contributed by atoms with Crippen LogP contribution in [0.2, 0.25) is 0 Å². The second kappa shape index (κ2) is 6.41. The lowest BCUT2D eigenvalue weighted by molar-refractivity contribution is -0.384. The Morgan fingerprint density at radius 3 is 2.79 bits per heavy atom. The Hall–Kier alpha value is -3.35. The molecule has 0 radical (unpaired) electrons. The van der Waals surface area contributed by atoms with Gasteiger partial charge in [-0.05, 0) is 25.1 Å². The van der Waals surface area contributed by atoms with E-state index in [9.17, 15) is 10.1 Å². The van der Waals surface area contributed by atoms with Crippen molar-refractivity contribution in [3.8, 4) is 5.75 Å². The summed E-state index contributed by atoms with van der Waals surface area (Å²) in [6.07, 6.45) is 0. The molecule has 0 atom stereocenters. The van der Waals surface area contributed by atoms with Crippen LogP contribution in [0.25, 0.3) is 11.0 Å². The Morgan fingerprint density at radius 2 is 2.04 bits per heavy atom. The van der Waals surface area contributed by atoms with Crippen molar-refractivity contribution in [1.29, 1.82) is 0 Å². The number of hydrogen-bond donors (Lipinski definition) is 1. The van der Waals surface area contributed by atoms with E-state index in [0.29, 0.717) is 28.5 Å². The van der Waals surface area contributed by atoms with Crippen LogP contribution in [0.1, 0.15) is 12.7 Å². The van der Waals surface area contributed by atoms with Crippen LogP contribution in [0.4, 0.5) is 11.4 Å². The quantitative estimate of drug-likeness (QED) is 0.431. The Balaban J connectivity index is 1.86. The van der Waals surface area contributed by atoms with Gasteiger partial charge in [-0.2, -0.15) is 5.10 Å². The van der Waals surface area contributed by atoms with Gasteiger partial charge >= 0.3 is 0 Å². The van der Waals surface area contributed by atoms with Gasteiger partial charge in [0.25, 0.3) is 5.69 Å². The Labute approximate surface area is 137 Å². The number of hydrazone groups is 1. The monoisotopic (exact) mass is 325 g/mol. The average molecular weight is 325 g/mol. The number of nitro benzene ring substituents is 1. The maximum Gasteiger partial charge on any atom is 0.271 e. The van der Waals surface area contributed by atoms with Gasteiger partial charge in [-0.3, -0.25) is 15.5 Å². The van der Waals surface area contributed by atoms with Gasteiger partial charge in [-0.15, -0.1) is 0 Å². The largest absolute Gasteiger partial charge is 0.493 e. The maximum absolute atomic E-state index is 10.8. The first-order valence-electron chi connectivity index (χ1n) is 7.20. The number of rotatable bonds is 5. The molecule has 0 saturated carbocycles. The van der Waals surface area contributed by atoms with Crippen molar-refractivity contribution in [3.63, 3.8) is 0 Å². The standard InChI is InChI=1S/C17H15N3O4/c1-11(18-19-13-6-4-7-14(10-13)20(21)22)16-9-12-5-3-8-15(23-2)17(12)24-16/h3-10,19H,1-2H3/b18-11-. The minimum Gasteiger partial charge on any atom is -0.493 e.